The van der Waals surface area contributed by atoms with Crippen molar-refractivity contribution in [2.24, 2.45) is 5.92 Å². The molecule has 0 spiro atoms. The topological polar surface area (TPSA) is 21.3 Å². The van der Waals surface area contributed by atoms with Crippen molar-refractivity contribution in [1.29, 1.82) is 0 Å². The summed E-state index contributed by atoms with van der Waals surface area (Å²) >= 11 is 0. The summed E-state index contributed by atoms with van der Waals surface area (Å²) in [5.74, 6) is 1.67. The van der Waals surface area contributed by atoms with E-state index in [1.54, 1.807) is 7.11 Å². The van der Waals surface area contributed by atoms with Crippen LogP contribution in [-0.2, 0) is 0 Å². The highest BCUT2D eigenvalue weighted by molar-refractivity contribution is 5.29. The van der Waals surface area contributed by atoms with E-state index in [-0.39, 0.29) is 0 Å². The SMILES string of the molecule is COc1ccc([C@@H]2NCC[C@H]2C)cc1. The van der Waals surface area contributed by atoms with Crippen LogP contribution in [0, 0.1) is 5.92 Å². The van der Waals surface area contributed by atoms with Crippen molar-refractivity contribution in [2.45, 2.75) is 19.4 Å². The van der Waals surface area contributed by atoms with Gasteiger partial charge in [-0.2, -0.15) is 0 Å². The predicted octanol–water partition coefficient (Wildman–Crippen LogP) is 2.37. The molecule has 0 saturated carbocycles. The van der Waals surface area contributed by atoms with Crippen molar-refractivity contribution in [1.82, 2.24) is 5.32 Å². The van der Waals surface area contributed by atoms with Gasteiger partial charge in [-0.1, -0.05) is 19.1 Å². The molecule has 0 radical (unpaired) electrons. The summed E-state index contributed by atoms with van der Waals surface area (Å²) in [6.45, 7) is 3.44. The van der Waals surface area contributed by atoms with Crippen molar-refractivity contribution < 1.29 is 4.74 Å². The van der Waals surface area contributed by atoms with Crippen molar-refractivity contribution in [2.75, 3.05) is 13.7 Å². The fourth-order valence-electron chi connectivity index (χ4n) is 2.09. The van der Waals surface area contributed by atoms with E-state index in [0.29, 0.717) is 6.04 Å². The lowest BCUT2D eigenvalue weighted by atomic mass is 9.96. The molecule has 2 atom stereocenters. The van der Waals surface area contributed by atoms with Crippen LogP contribution >= 0.6 is 0 Å². The number of hydrogen-bond donors (Lipinski definition) is 1. The van der Waals surface area contributed by atoms with E-state index in [9.17, 15) is 0 Å². The molecule has 76 valence electrons. The van der Waals surface area contributed by atoms with Crippen LogP contribution in [0.1, 0.15) is 24.9 Å². The lowest BCUT2D eigenvalue weighted by Crippen LogP contribution is -2.16. The van der Waals surface area contributed by atoms with Crippen molar-refractivity contribution in [3.05, 3.63) is 29.8 Å². The molecule has 2 nitrogen and oxygen atoms in total. The average Bonchev–Trinajstić information content (AvgIpc) is 2.65. The van der Waals surface area contributed by atoms with E-state index in [2.05, 4.69) is 24.4 Å². The minimum absolute atomic E-state index is 0.529. The molecule has 2 rings (SSSR count). The standard InChI is InChI=1S/C12H17NO/c1-9-7-8-13-12(9)10-3-5-11(14-2)6-4-10/h3-6,9,12-13H,7-8H2,1-2H3/t9-,12-/m1/s1. The van der Waals surface area contributed by atoms with Gasteiger partial charge in [0.2, 0.25) is 0 Å². The molecule has 1 aliphatic rings. The number of rotatable bonds is 2. The average molecular weight is 191 g/mol. The zero-order valence-electron chi connectivity index (χ0n) is 8.79. The van der Waals surface area contributed by atoms with Crippen LogP contribution < -0.4 is 10.1 Å². The Morgan fingerprint density at radius 1 is 1.29 bits per heavy atom. The molecule has 2 heteroatoms. The first-order valence-corrected chi connectivity index (χ1v) is 5.18. The monoisotopic (exact) mass is 191 g/mol. The number of hydrogen-bond acceptors (Lipinski definition) is 2. The van der Waals surface area contributed by atoms with Gasteiger partial charge in [-0.3, -0.25) is 0 Å². The van der Waals surface area contributed by atoms with Gasteiger partial charge >= 0.3 is 0 Å². The van der Waals surface area contributed by atoms with Gasteiger partial charge in [-0.05, 0) is 36.6 Å². The summed E-state index contributed by atoms with van der Waals surface area (Å²) in [5, 5.41) is 3.52. The number of ether oxygens (including phenoxy) is 1. The molecular formula is C12H17NO. The maximum atomic E-state index is 5.14. The van der Waals surface area contributed by atoms with Gasteiger partial charge < -0.3 is 10.1 Å². The summed E-state index contributed by atoms with van der Waals surface area (Å²) in [6, 6.07) is 8.89. The third-order valence-corrected chi connectivity index (χ3v) is 3.01. The van der Waals surface area contributed by atoms with Crippen molar-refractivity contribution in [3.8, 4) is 5.75 Å². The van der Waals surface area contributed by atoms with Gasteiger partial charge in [0.15, 0.2) is 0 Å². The highest BCUT2D eigenvalue weighted by atomic mass is 16.5. The predicted molar refractivity (Wildman–Crippen MR) is 57.5 cm³/mol. The maximum Gasteiger partial charge on any atom is 0.118 e. The summed E-state index contributed by atoms with van der Waals surface area (Å²) in [7, 11) is 1.70. The lowest BCUT2D eigenvalue weighted by Gasteiger charge is -2.16. The summed E-state index contributed by atoms with van der Waals surface area (Å²) in [4.78, 5) is 0. The van der Waals surface area contributed by atoms with E-state index in [4.69, 9.17) is 4.74 Å². The second-order valence-corrected chi connectivity index (χ2v) is 3.97. The van der Waals surface area contributed by atoms with Gasteiger partial charge in [0.25, 0.3) is 0 Å². The molecule has 1 heterocycles. The maximum absolute atomic E-state index is 5.14. The number of benzene rings is 1. The lowest BCUT2D eigenvalue weighted by molar-refractivity contribution is 0.414. The molecule has 1 aromatic carbocycles. The van der Waals surface area contributed by atoms with Crippen LogP contribution in [-0.4, -0.2) is 13.7 Å². The van der Waals surface area contributed by atoms with E-state index >= 15 is 0 Å². The van der Waals surface area contributed by atoms with E-state index < -0.39 is 0 Å². The van der Waals surface area contributed by atoms with E-state index in [1.165, 1.54) is 12.0 Å². The van der Waals surface area contributed by atoms with Crippen LogP contribution in [0.5, 0.6) is 5.75 Å². The molecule has 0 unspecified atom stereocenters. The fourth-order valence-corrected chi connectivity index (χ4v) is 2.09. The highest BCUT2D eigenvalue weighted by Gasteiger charge is 2.23. The summed E-state index contributed by atoms with van der Waals surface area (Å²) < 4.78 is 5.14. The van der Waals surface area contributed by atoms with Crippen LogP contribution in [0.3, 0.4) is 0 Å². The van der Waals surface area contributed by atoms with Gasteiger partial charge in [0.05, 0.1) is 7.11 Å². The minimum Gasteiger partial charge on any atom is -0.497 e. The Kier molecular flexibility index (Phi) is 2.73. The van der Waals surface area contributed by atoms with Crippen molar-refractivity contribution in [3.63, 3.8) is 0 Å². The molecule has 1 aromatic rings. The smallest absolute Gasteiger partial charge is 0.118 e. The van der Waals surface area contributed by atoms with Crippen LogP contribution in [0.15, 0.2) is 24.3 Å². The Morgan fingerprint density at radius 3 is 2.50 bits per heavy atom. The Hall–Kier alpha value is -1.02. The highest BCUT2D eigenvalue weighted by Crippen LogP contribution is 2.29. The fraction of sp³-hybridized carbons (Fsp3) is 0.500. The van der Waals surface area contributed by atoms with Gasteiger partial charge in [0.1, 0.15) is 5.75 Å². The molecule has 1 aliphatic heterocycles. The molecule has 0 bridgehead atoms. The van der Waals surface area contributed by atoms with Crippen LogP contribution in [0.2, 0.25) is 0 Å². The zero-order valence-corrected chi connectivity index (χ0v) is 8.79. The van der Waals surface area contributed by atoms with Crippen LogP contribution in [0.25, 0.3) is 0 Å². The second kappa shape index (κ2) is 4.01. The molecule has 1 saturated heterocycles. The van der Waals surface area contributed by atoms with Crippen LogP contribution in [0.4, 0.5) is 0 Å². The van der Waals surface area contributed by atoms with E-state index in [1.807, 2.05) is 12.1 Å². The number of nitrogens with one attached hydrogen (secondary N) is 1. The Labute approximate surface area is 85.3 Å². The van der Waals surface area contributed by atoms with Crippen molar-refractivity contribution >= 4 is 0 Å². The first-order valence-electron chi connectivity index (χ1n) is 5.18. The Morgan fingerprint density at radius 2 is 2.00 bits per heavy atom. The Balaban J connectivity index is 2.16. The first kappa shape index (κ1) is 9.53. The minimum atomic E-state index is 0.529. The number of methoxy groups -OCH3 is 1. The van der Waals surface area contributed by atoms with Gasteiger partial charge in [-0.15, -0.1) is 0 Å². The van der Waals surface area contributed by atoms with Gasteiger partial charge in [-0.25, -0.2) is 0 Å². The third-order valence-electron chi connectivity index (χ3n) is 3.01. The van der Waals surface area contributed by atoms with E-state index in [0.717, 1.165) is 18.2 Å². The first-order chi connectivity index (χ1) is 6.81. The van der Waals surface area contributed by atoms with Gasteiger partial charge in [0, 0.05) is 6.04 Å². The zero-order chi connectivity index (χ0) is 9.97. The molecular weight excluding hydrogens is 174 g/mol. The molecule has 0 amide bonds. The second-order valence-electron chi connectivity index (χ2n) is 3.97. The molecule has 14 heavy (non-hydrogen) atoms. The Bertz CT molecular complexity index is 294. The largest absolute Gasteiger partial charge is 0.497 e. The summed E-state index contributed by atoms with van der Waals surface area (Å²) in [6.07, 6.45) is 1.27. The molecule has 1 fully saturated rings. The molecule has 1 N–H and O–H groups in total. The molecule has 0 aromatic heterocycles. The summed E-state index contributed by atoms with van der Waals surface area (Å²) in [5.41, 5.74) is 1.37. The quantitative estimate of drug-likeness (QED) is 0.775. The normalized spacial score (nSPS) is 26.4. The molecule has 0 aliphatic carbocycles. The third kappa shape index (κ3) is 1.75.